The van der Waals surface area contributed by atoms with Crippen LogP contribution in [0.4, 0.5) is 10.1 Å². The first kappa shape index (κ1) is 15.4. The molecule has 0 amide bonds. The van der Waals surface area contributed by atoms with Gasteiger partial charge in [-0.3, -0.25) is 4.72 Å². The van der Waals surface area contributed by atoms with Crippen LogP contribution in [-0.2, 0) is 14.8 Å². The number of aromatic carboxylic acids is 1. The summed E-state index contributed by atoms with van der Waals surface area (Å²) < 4.78 is 43.4. The zero-order valence-corrected chi connectivity index (χ0v) is 11.3. The third-order valence-corrected chi connectivity index (χ3v) is 3.60. The maximum Gasteiger partial charge on any atom is 0.336 e. The van der Waals surface area contributed by atoms with Crippen molar-refractivity contribution in [1.82, 2.24) is 0 Å². The minimum atomic E-state index is -3.78. The summed E-state index contributed by atoms with van der Waals surface area (Å²) in [5.74, 6) is -2.43. The van der Waals surface area contributed by atoms with Gasteiger partial charge in [0.2, 0.25) is 10.0 Å². The number of nitrogens with one attached hydrogen (secondary N) is 1. The molecular weight excluding hydrogens is 277 g/mol. The van der Waals surface area contributed by atoms with Gasteiger partial charge in [-0.1, -0.05) is 0 Å². The van der Waals surface area contributed by atoms with Crippen LogP contribution < -0.4 is 4.72 Å². The van der Waals surface area contributed by atoms with Gasteiger partial charge in [0.25, 0.3) is 0 Å². The molecule has 0 aliphatic carbocycles. The molecule has 0 aliphatic rings. The Hall–Kier alpha value is -1.67. The van der Waals surface area contributed by atoms with E-state index in [1.165, 1.54) is 14.0 Å². The fraction of sp³-hybridized carbons (Fsp3) is 0.364. The van der Waals surface area contributed by atoms with Crippen LogP contribution in [0, 0.1) is 12.7 Å². The summed E-state index contributed by atoms with van der Waals surface area (Å²) in [6, 6.07) is 1.93. The molecule has 0 fully saturated rings. The van der Waals surface area contributed by atoms with Crippen LogP contribution in [0.1, 0.15) is 15.9 Å². The Balaban J connectivity index is 3.08. The number of halogens is 1. The highest BCUT2D eigenvalue weighted by Crippen LogP contribution is 2.21. The third kappa shape index (κ3) is 4.18. The minimum absolute atomic E-state index is 0.0470. The molecule has 6 nitrogen and oxygen atoms in total. The van der Waals surface area contributed by atoms with Crippen molar-refractivity contribution in [3.05, 3.63) is 29.1 Å². The molecule has 0 aromatic heterocycles. The molecule has 1 aromatic carbocycles. The lowest BCUT2D eigenvalue weighted by atomic mass is 10.1. The molecule has 0 heterocycles. The van der Waals surface area contributed by atoms with E-state index in [0.29, 0.717) is 0 Å². The van der Waals surface area contributed by atoms with E-state index < -0.39 is 21.8 Å². The molecule has 19 heavy (non-hydrogen) atoms. The highest BCUT2D eigenvalue weighted by molar-refractivity contribution is 7.92. The van der Waals surface area contributed by atoms with Crippen LogP contribution in [0.25, 0.3) is 0 Å². The molecule has 0 saturated heterocycles. The number of rotatable bonds is 6. The lowest BCUT2D eigenvalue weighted by Crippen LogP contribution is -2.20. The Bertz CT molecular complexity index is 585. The molecule has 1 rings (SSSR count). The van der Waals surface area contributed by atoms with Crippen molar-refractivity contribution < 1.29 is 27.4 Å². The summed E-state index contributed by atoms with van der Waals surface area (Å²) in [7, 11) is -2.44. The van der Waals surface area contributed by atoms with Crippen LogP contribution >= 0.6 is 0 Å². The predicted molar refractivity (Wildman–Crippen MR) is 67.4 cm³/mol. The summed E-state index contributed by atoms with van der Waals surface area (Å²) >= 11 is 0. The quantitative estimate of drug-likeness (QED) is 0.822. The van der Waals surface area contributed by atoms with Gasteiger partial charge in [0.1, 0.15) is 5.82 Å². The lowest BCUT2D eigenvalue weighted by Gasteiger charge is -2.10. The van der Waals surface area contributed by atoms with E-state index in [4.69, 9.17) is 5.11 Å². The predicted octanol–water partition coefficient (Wildman–Crippen LogP) is 1.22. The number of hydrogen-bond donors (Lipinski definition) is 2. The number of anilines is 1. The van der Waals surface area contributed by atoms with Crippen LogP contribution in [0.15, 0.2) is 12.1 Å². The van der Waals surface area contributed by atoms with Crippen molar-refractivity contribution in [2.24, 2.45) is 0 Å². The smallest absolute Gasteiger partial charge is 0.336 e. The number of hydrogen-bond acceptors (Lipinski definition) is 4. The Morgan fingerprint density at radius 3 is 2.63 bits per heavy atom. The van der Waals surface area contributed by atoms with Crippen molar-refractivity contribution >= 4 is 21.7 Å². The largest absolute Gasteiger partial charge is 0.478 e. The van der Waals surface area contributed by atoms with Crippen LogP contribution in [0.5, 0.6) is 0 Å². The van der Waals surface area contributed by atoms with E-state index in [2.05, 4.69) is 4.74 Å². The molecule has 0 radical (unpaired) electrons. The zero-order valence-electron chi connectivity index (χ0n) is 10.4. The Labute approximate surface area is 110 Å². The van der Waals surface area contributed by atoms with E-state index in [-0.39, 0.29) is 29.2 Å². The van der Waals surface area contributed by atoms with Crippen LogP contribution in [0.2, 0.25) is 0 Å². The molecule has 106 valence electrons. The second-order valence-electron chi connectivity index (χ2n) is 3.87. The zero-order chi connectivity index (χ0) is 14.6. The number of carboxylic acids is 1. The molecule has 2 N–H and O–H groups in total. The van der Waals surface area contributed by atoms with Crippen molar-refractivity contribution in [2.75, 3.05) is 24.2 Å². The molecule has 0 unspecified atom stereocenters. The van der Waals surface area contributed by atoms with E-state index in [9.17, 15) is 17.6 Å². The number of ether oxygens (including phenoxy) is 1. The lowest BCUT2D eigenvalue weighted by molar-refractivity contribution is 0.0696. The Morgan fingerprint density at radius 1 is 1.47 bits per heavy atom. The Kier molecular flexibility index (Phi) is 4.84. The summed E-state index contributed by atoms with van der Waals surface area (Å²) in [4.78, 5) is 10.9. The Morgan fingerprint density at radius 2 is 2.11 bits per heavy atom. The van der Waals surface area contributed by atoms with Gasteiger partial charge in [0, 0.05) is 7.11 Å². The second-order valence-corrected chi connectivity index (χ2v) is 5.71. The van der Waals surface area contributed by atoms with Gasteiger partial charge >= 0.3 is 5.97 Å². The van der Waals surface area contributed by atoms with Crippen molar-refractivity contribution in [3.8, 4) is 0 Å². The number of aryl methyl sites for hydroxylation is 1. The van der Waals surface area contributed by atoms with Crippen molar-refractivity contribution in [1.29, 1.82) is 0 Å². The molecule has 0 saturated carbocycles. The first-order valence-corrected chi connectivity index (χ1v) is 6.95. The summed E-state index contributed by atoms with van der Waals surface area (Å²) in [6.45, 7) is 1.38. The topological polar surface area (TPSA) is 92.7 Å². The van der Waals surface area contributed by atoms with Gasteiger partial charge in [-0.15, -0.1) is 0 Å². The van der Waals surface area contributed by atoms with Gasteiger partial charge in [-0.2, -0.15) is 0 Å². The summed E-state index contributed by atoms with van der Waals surface area (Å²) in [5.41, 5.74) is -0.338. The van der Waals surface area contributed by atoms with E-state index >= 15 is 0 Å². The number of carboxylic acid groups (broad SMARTS) is 1. The van der Waals surface area contributed by atoms with E-state index in [1.807, 2.05) is 4.72 Å². The average Bonchev–Trinajstić information content (AvgIpc) is 2.29. The molecule has 0 atom stereocenters. The fourth-order valence-electron chi connectivity index (χ4n) is 1.39. The van der Waals surface area contributed by atoms with Crippen LogP contribution in [-0.4, -0.2) is 39.0 Å². The number of methoxy groups -OCH3 is 1. The molecular formula is C11H14FNO5S. The average molecular weight is 291 g/mol. The highest BCUT2D eigenvalue weighted by Gasteiger charge is 2.17. The normalized spacial score (nSPS) is 11.3. The van der Waals surface area contributed by atoms with E-state index in [1.54, 1.807) is 0 Å². The number of carbonyl (C=O) groups is 1. The second kappa shape index (κ2) is 5.98. The first-order valence-electron chi connectivity index (χ1n) is 5.29. The molecule has 0 aliphatic heterocycles. The van der Waals surface area contributed by atoms with Gasteiger partial charge in [-0.05, 0) is 24.6 Å². The summed E-state index contributed by atoms with van der Waals surface area (Å²) in [5, 5.41) is 8.90. The SMILES string of the molecule is COCCS(=O)(=O)Nc1cc(C(=O)O)c(C)cc1F. The molecule has 0 bridgehead atoms. The summed E-state index contributed by atoms with van der Waals surface area (Å²) in [6.07, 6.45) is 0. The maximum atomic E-state index is 13.6. The molecule has 0 spiro atoms. The molecule has 8 heteroatoms. The first-order chi connectivity index (χ1) is 8.76. The monoisotopic (exact) mass is 291 g/mol. The highest BCUT2D eigenvalue weighted by atomic mass is 32.2. The van der Waals surface area contributed by atoms with Crippen molar-refractivity contribution in [2.45, 2.75) is 6.92 Å². The minimum Gasteiger partial charge on any atom is -0.478 e. The van der Waals surface area contributed by atoms with E-state index in [0.717, 1.165) is 12.1 Å². The molecule has 1 aromatic rings. The van der Waals surface area contributed by atoms with Crippen LogP contribution in [0.3, 0.4) is 0 Å². The van der Waals surface area contributed by atoms with Gasteiger partial charge in [-0.25, -0.2) is 17.6 Å². The third-order valence-electron chi connectivity index (χ3n) is 2.37. The standard InChI is InChI=1S/C11H14FNO5S/c1-7-5-9(12)10(6-8(7)11(14)15)13-19(16,17)4-3-18-2/h5-6,13H,3-4H2,1-2H3,(H,14,15). The van der Waals surface area contributed by atoms with Gasteiger partial charge < -0.3 is 9.84 Å². The van der Waals surface area contributed by atoms with Gasteiger partial charge in [0.05, 0.1) is 23.6 Å². The maximum absolute atomic E-state index is 13.6. The van der Waals surface area contributed by atoms with Gasteiger partial charge in [0.15, 0.2) is 0 Å². The number of benzene rings is 1. The van der Waals surface area contributed by atoms with Crippen molar-refractivity contribution in [3.63, 3.8) is 0 Å². The number of sulfonamides is 1. The fourth-order valence-corrected chi connectivity index (χ4v) is 2.37.